The van der Waals surface area contributed by atoms with Gasteiger partial charge in [0, 0.05) is 12.8 Å². The molecule has 1 amide bonds. The summed E-state index contributed by atoms with van der Waals surface area (Å²) in [5.41, 5.74) is 0. The Labute approximate surface area is 507 Å². The van der Waals surface area contributed by atoms with E-state index < -0.39 is 12.1 Å². The Bertz CT molecular complexity index is 1270. The monoisotopic (exact) mass is 1140 g/mol. The summed E-state index contributed by atoms with van der Waals surface area (Å²) < 4.78 is 5.50. The first-order chi connectivity index (χ1) is 40.0. The highest BCUT2D eigenvalue weighted by molar-refractivity contribution is 5.76. The van der Waals surface area contributed by atoms with Crippen molar-refractivity contribution < 1.29 is 24.5 Å². The molecule has 0 aliphatic carbocycles. The van der Waals surface area contributed by atoms with Gasteiger partial charge in [-0.05, 0) is 57.8 Å². The number of aliphatic hydroxyl groups is 2. The van der Waals surface area contributed by atoms with Crippen LogP contribution in [-0.4, -0.2) is 47.4 Å². The van der Waals surface area contributed by atoms with Crippen molar-refractivity contribution in [2.75, 3.05) is 13.2 Å². The maximum atomic E-state index is 12.5. The Morgan fingerprint density at radius 2 is 0.617 bits per heavy atom. The molecule has 0 aromatic carbocycles. The molecule has 0 saturated carbocycles. The topological polar surface area (TPSA) is 95.9 Å². The van der Waals surface area contributed by atoms with Gasteiger partial charge in [0.05, 0.1) is 25.4 Å². The Morgan fingerprint density at radius 3 is 0.938 bits per heavy atom. The Morgan fingerprint density at radius 1 is 0.346 bits per heavy atom. The van der Waals surface area contributed by atoms with Crippen molar-refractivity contribution in [3.8, 4) is 0 Å². The van der Waals surface area contributed by atoms with E-state index in [1.165, 1.54) is 340 Å². The van der Waals surface area contributed by atoms with E-state index >= 15 is 0 Å². The van der Waals surface area contributed by atoms with Crippen LogP contribution in [0.15, 0.2) is 24.3 Å². The van der Waals surface area contributed by atoms with Gasteiger partial charge >= 0.3 is 5.97 Å². The fourth-order valence-corrected chi connectivity index (χ4v) is 11.9. The Kier molecular flexibility index (Phi) is 69.4. The molecule has 0 rings (SSSR count). The minimum Gasteiger partial charge on any atom is -0.466 e. The van der Waals surface area contributed by atoms with Crippen LogP contribution in [0.2, 0.25) is 0 Å². The zero-order chi connectivity index (χ0) is 58.5. The fourth-order valence-electron chi connectivity index (χ4n) is 11.9. The third-order valence-electron chi connectivity index (χ3n) is 17.5. The number of unbranched alkanes of at least 4 members (excludes halogenated alkanes) is 55. The molecule has 0 bridgehead atoms. The number of rotatable bonds is 70. The van der Waals surface area contributed by atoms with Crippen molar-refractivity contribution in [1.29, 1.82) is 0 Å². The molecule has 0 spiro atoms. The Balaban J connectivity index is 3.40. The van der Waals surface area contributed by atoms with E-state index in [2.05, 4.69) is 43.5 Å². The van der Waals surface area contributed by atoms with Gasteiger partial charge in [-0.2, -0.15) is 0 Å². The van der Waals surface area contributed by atoms with Crippen molar-refractivity contribution in [3.63, 3.8) is 0 Å². The van der Waals surface area contributed by atoms with Gasteiger partial charge in [-0.1, -0.05) is 372 Å². The standard InChI is InChI=1S/C75H145NO5/c1-3-5-7-9-11-13-15-17-19-21-22-32-36-39-43-47-51-55-59-63-67-73(78)72(71-77)76-74(79)68-64-60-56-52-48-44-40-37-33-30-28-26-24-23-25-27-29-31-34-38-42-46-50-54-58-62-66-70-81-75(80)69-65-61-57-53-49-45-41-35-20-18-16-14-12-10-8-6-4-2/h23-24,27,29,72-73,77-78H,3-22,25-26,28,30-71H2,1-2H3,(H,76,79)/b24-23-,29-27-. The van der Waals surface area contributed by atoms with Gasteiger partial charge in [-0.25, -0.2) is 0 Å². The first kappa shape index (κ1) is 79.3. The number of nitrogens with one attached hydrogen (secondary N) is 1. The molecule has 0 saturated heterocycles. The van der Waals surface area contributed by atoms with Gasteiger partial charge in [0.1, 0.15) is 0 Å². The molecule has 2 atom stereocenters. The minimum atomic E-state index is -0.667. The smallest absolute Gasteiger partial charge is 0.305 e. The molecule has 81 heavy (non-hydrogen) atoms. The van der Waals surface area contributed by atoms with Crippen molar-refractivity contribution >= 4 is 11.9 Å². The average molecular weight is 1140 g/mol. The van der Waals surface area contributed by atoms with Crippen molar-refractivity contribution in [2.24, 2.45) is 0 Å². The van der Waals surface area contributed by atoms with E-state index in [1.807, 2.05) is 0 Å². The molecule has 0 heterocycles. The first-order valence-electron chi connectivity index (χ1n) is 37.1. The minimum absolute atomic E-state index is 0.0156. The normalized spacial score (nSPS) is 12.6. The van der Waals surface area contributed by atoms with Crippen LogP contribution in [0.5, 0.6) is 0 Å². The van der Waals surface area contributed by atoms with Crippen LogP contribution < -0.4 is 5.32 Å². The van der Waals surface area contributed by atoms with E-state index in [9.17, 15) is 19.8 Å². The zero-order valence-corrected chi connectivity index (χ0v) is 55.0. The summed E-state index contributed by atoms with van der Waals surface area (Å²) in [5.74, 6) is -0.0181. The van der Waals surface area contributed by atoms with Gasteiger partial charge < -0.3 is 20.3 Å². The number of hydrogen-bond acceptors (Lipinski definition) is 5. The van der Waals surface area contributed by atoms with E-state index in [-0.39, 0.29) is 18.5 Å². The second-order valence-electron chi connectivity index (χ2n) is 25.6. The van der Waals surface area contributed by atoms with Crippen molar-refractivity contribution in [2.45, 2.75) is 431 Å². The first-order valence-corrected chi connectivity index (χ1v) is 37.1. The second kappa shape index (κ2) is 70.8. The van der Waals surface area contributed by atoms with Gasteiger partial charge in [0.15, 0.2) is 0 Å². The summed E-state index contributed by atoms with van der Waals surface area (Å²) in [6.07, 6.45) is 89.5. The summed E-state index contributed by atoms with van der Waals surface area (Å²) in [6.45, 7) is 5.00. The molecule has 6 heteroatoms. The molecule has 2 unspecified atom stereocenters. The zero-order valence-electron chi connectivity index (χ0n) is 55.0. The van der Waals surface area contributed by atoms with Crippen LogP contribution in [0.4, 0.5) is 0 Å². The number of allylic oxidation sites excluding steroid dienone is 4. The molecule has 0 fully saturated rings. The quantitative estimate of drug-likeness (QED) is 0.0320. The van der Waals surface area contributed by atoms with E-state index in [0.717, 1.165) is 44.9 Å². The highest BCUT2D eigenvalue weighted by Gasteiger charge is 2.20. The predicted molar refractivity (Wildman–Crippen MR) is 356 cm³/mol. The molecule has 6 nitrogen and oxygen atoms in total. The Hall–Kier alpha value is -1.66. The number of hydrogen-bond donors (Lipinski definition) is 3. The second-order valence-corrected chi connectivity index (χ2v) is 25.6. The number of aliphatic hydroxyl groups excluding tert-OH is 2. The molecule has 0 aliphatic rings. The number of esters is 1. The summed E-state index contributed by atoms with van der Waals surface area (Å²) in [4.78, 5) is 24.6. The van der Waals surface area contributed by atoms with Crippen LogP contribution in [-0.2, 0) is 14.3 Å². The van der Waals surface area contributed by atoms with Crippen LogP contribution in [0, 0.1) is 0 Å². The van der Waals surface area contributed by atoms with Crippen LogP contribution >= 0.6 is 0 Å². The molecule has 0 aromatic heterocycles. The predicted octanol–water partition coefficient (Wildman–Crippen LogP) is 24.1. The largest absolute Gasteiger partial charge is 0.466 e. The lowest BCUT2D eigenvalue weighted by Crippen LogP contribution is -2.45. The van der Waals surface area contributed by atoms with Crippen LogP contribution in [0.3, 0.4) is 0 Å². The maximum absolute atomic E-state index is 12.5. The van der Waals surface area contributed by atoms with E-state index in [1.54, 1.807) is 0 Å². The third-order valence-corrected chi connectivity index (χ3v) is 17.5. The van der Waals surface area contributed by atoms with Crippen molar-refractivity contribution in [3.05, 3.63) is 24.3 Å². The van der Waals surface area contributed by atoms with Gasteiger partial charge in [0.2, 0.25) is 5.91 Å². The number of carbonyl (C=O) groups excluding carboxylic acids is 2. The fraction of sp³-hybridized carbons (Fsp3) is 0.920. The van der Waals surface area contributed by atoms with Gasteiger partial charge in [-0.3, -0.25) is 9.59 Å². The SMILES string of the molecule is CCCCCCCCCCCCCCCCCCCCCCC(O)C(CO)NC(=O)CCCCCCCCCCCCC/C=C\C/C=C\CCCCCCCCCCCOC(=O)CCCCCCCCCCCCCCCCCCC. The highest BCUT2D eigenvalue weighted by Crippen LogP contribution is 2.19. The van der Waals surface area contributed by atoms with E-state index in [4.69, 9.17) is 4.74 Å². The highest BCUT2D eigenvalue weighted by atomic mass is 16.5. The molecule has 480 valence electrons. The lowest BCUT2D eigenvalue weighted by molar-refractivity contribution is -0.143. The molecular formula is C75H145NO5. The third kappa shape index (κ3) is 67.3. The van der Waals surface area contributed by atoms with Crippen LogP contribution in [0.25, 0.3) is 0 Å². The summed E-state index contributed by atoms with van der Waals surface area (Å²) in [7, 11) is 0. The van der Waals surface area contributed by atoms with Gasteiger partial charge in [0.25, 0.3) is 0 Å². The maximum Gasteiger partial charge on any atom is 0.305 e. The molecule has 3 N–H and O–H groups in total. The summed E-state index contributed by atoms with van der Waals surface area (Å²) in [6, 6.07) is -0.545. The van der Waals surface area contributed by atoms with Gasteiger partial charge in [-0.15, -0.1) is 0 Å². The average Bonchev–Trinajstić information content (AvgIpc) is 3.47. The molecule has 0 radical (unpaired) electrons. The lowest BCUT2D eigenvalue weighted by Gasteiger charge is -2.22. The summed E-state index contributed by atoms with van der Waals surface area (Å²) >= 11 is 0. The number of amides is 1. The van der Waals surface area contributed by atoms with E-state index in [0.29, 0.717) is 25.9 Å². The summed E-state index contributed by atoms with van der Waals surface area (Å²) in [5, 5.41) is 23.4. The number of carbonyl (C=O) groups is 2. The van der Waals surface area contributed by atoms with Crippen molar-refractivity contribution in [1.82, 2.24) is 5.32 Å². The lowest BCUT2D eigenvalue weighted by atomic mass is 10.0. The molecule has 0 aromatic rings. The van der Waals surface area contributed by atoms with Crippen LogP contribution in [0.1, 0.15) is 418 Å². The number of ether oxygens (including phenoxy) is 1. The molecule has 0 aliphatic heterocycles. The molecular weight excluding hydrogens is 995 g/mol.